The van der Waals surface area contributed by atoms with E-state index in [1.54, 1.807) is 0 Å². The first-order valence-corrected chi connectivity index (χ1v) is 15.7. The summed E-state index contributed by atoms with van der Waals surface area (Å²) in [6.45, 7) is 3.78. The molecular formula is C35H42N4O7. The molecule has 0 saturated carbocycles. The van der Waals surface area contributed by atoms with Gasteiger partial charge in [0, 0.05) is 25.3 Å². The van der Waals surface area contributed by atoms with E-state index >= 15 is 0 Å². The molecule has 1 aliphatic heterocycles. The number of aliphatic carboxylic acids is 1. The highest BCUT2D eigenvalue weighted by Gasteiger charge is 2.32. The highest BCUT2D eigenvalue weighted by atomic mass is 16.6. The van der Waals surface area contributed by atoms with Crippen LogP contribution in [-0.4, -0.2) is 60.1 Å². The van der Waals surface area contributed by atoms with Crippen LogP contribution in [0.1, 0.15) is 56.8 Å². The minimum absolute atomic E-state index is 0.000984. The first kappa shape index (κ1) is 34.0. The number of nitrogens with one attached hydrogen (secondary N) is 4. The van der Waals surface area contributed by atoms with E-state index < -0.39 is 48.6 Å². The van der Waals surface area contributed by atoms with Crippen molar-refractivity contribution in [2.45, 2.75) is 64.1 Å². The molecule has 0 spiro atoms. The van der Waals surface area contributed by atoms with Gasteiger partial charge in [0.2, 0.25) is 17.7 Å². The molecule has 1 heterocycles. The molecular weight excluding hydrogens is 588 g/mol. The molecule has 3 aromatic carbocycles. The average Bonchev–Trinajstić information content (AvgIpc) is 3.04. The number of rotatable bonds is 14. The molecule has 5 N–H and O–H groups in total. The van der Waals surface area contributed by atoms with Gasteiger partial charge < -0.3 is 31.1 Å². The first-order valence-electron chi connectivity index (χ1n) is 15.7. The van der Waals surface area contributed by atoms with Crippen LogP contribution >= 0.6 is 0 Å². The van der Waals surface area contributed by atoms with E-state index in [0.717, 1.165) is 28.3 Å². The Morgan fingerprint density at radius 2 is 1.63 bits per heavy atom. The Bertz CT molecular complexity index is 1520. The zero-order valence-electron chi connectivity index (χ0n) is 26.2. The molecule has 0 bridgehead atoms. The zero-order valence-corrected chi connectivity index (χ0v) is 26.2. The lowest BCUT2D eigenvalue weighted by molar-refractivity contribution is -0.138. The lowest BCUT2D eigenvalue weighted by Crippen LogP contribution is -2.55. The Kier molecular flexibility index (Phi) is 12.1. The third kappa shape index (κ3) is 9.79. The van der Waals surface area contributed by atoms with Crippen molar-refractivity contribution in [2.75, 3.05) is 13.1 Å². The van der Waals surface area contributed by atoms with Crippen LogP contribution in [0, 0.1) is 11.8 Å². The molecule has 4 amide bonds. The van der Waals surface area contributed by atoms with Gasteiger partial charge in [-0.3, -0.25) is 19.2 Å². The number of carbonyl (C=O) groups excluding carboxylic acids is 4. The number of alkyl carbamates (subject to hydrolysis) is 1. The minimum atomic E-state index is -1.21. The van der Waals surface area contributed by atoms with Crippen molar-refractivity contribution in [1.82, 2.24) is 21.3 Å². The number of piperidine rings is 1. The summed E-state index contributed by atoms with van der Waals surface area (Å²) in [5.74, 6) is -2.88. The summed E-state index contributed by atoms with van der Waals surface area (Å²) in [6.07, 6.45) is 0.538. The number of carboxylic acids is 1. The molecule has 4 atom stereocenters. The minimum Gasteiger partial charge on any atom is -0.480 e. The fraction of sp³-hybridized carbons (Fsp3) is 0.400. The molecule has 1 fully saturated rings. The van der Waals surface area contributed by atoms with Gasteiger partial charge in [-0.1, -0.05) is 86.6 Å². The molecule has 46 heavy (non-hydrogen) atoms. The summed E-state index contributed by atoms with van der Waals surface area (Å²) >= 11 is 0. The van der Waals surface area contributed by atoms with E-state index in [2.05, 4.69) is 21.3 Å². The van der Waals surface area contributed by atoms with Gasteiger partial charge in [0.15, 0.2) is 0 Å². The Hall–Kier alpha value is -4.93. The molecule has 1 aliphatic rings. The Balaban J connectivity index is 1.58. The quantitative estimate of drug-likeness (QED) is 0.181. The molecule has 0 aromatic heterocycles. The maximum atomic E-state index is 13.8. The van der Waals surface area contributed by atoms with Gasteiger partial charge in [-0.2, -0.15) is 0 Å². The van der Waals surface area contributed by atoms with Crippen molar-refractivity contribution in [3.63, 3.8) is 0 Å². The standard InChI is InChI=1S/C35H42N4O7/c1-22(2)18-28(33(43)37-21-31(40)41)38-34(44)29(19-25-14-8-13-23-10-6-7-16-27(23)25)39-35(45)46-30(24-11-4-3-5-12-24)20-26-15-9-17-36-32(26)42/h3-8,10-14,16,22,26,28-30H,9,15,17-21H2,1-2H3,(H,36,42)(H,37,43)(H,38,44)(H,39,45)(H,40,41)/t26-,28-,29-,30?/m0/s1. The van der Waals surface area contributed by atoms with Crippen LogP contribution in [0.25, 0.3) is 10.8 Å². The van der Waals surface area contributed by atoms with Crippen LogP contribution in [0.5, 0.6) is 0 Å². The highest BCUT2D eigenvalue weighted by molar-refractivity contribution is 5.93. The number of hydrogen-bond acceptors (Lipinski definition) is 6. The second-order valence-corrected chi connectivity index (χ2v) is 12.0. The second-order valence-electron chi connectivity index (χ2n) is 12.0. The van der Waals surface area contributed by atoms with Crippen molar-refractivity contribution < 1.29 is 33.8 Å². The van der Waals surface area contributed by atoms with Crippen LogP contribution < -0.4 is 21.3 Å². The lowest BCUT2D eigenvalue weighted by atomic mass is 9.90. The number of benzene rings is 3. The topological polar surface area (TPSA) is 163 Å². The average molecular weight is 631 g/mol. The third-order valence-corrected chi connectivity index (χ3v) is 7.99. The molecule has 1 unspecified atom stereocenters. The zero-order chi connectivity index (χ0) is 33.1. The second kappa shape index (κ2) is 16.4. The van der Waals surface area contributed by atoms with Crippen LogP contribution in [0.2, 0.25) is 0 Å². The molecule has 11 nitrogen and oxygen atoms in total. The van der Waals surface area contributed by atoms with Gasteiger partial charge in [-0.15, -0.1) is 0 Å². The Morgan fingerprint density at radius 3 is 2.35 bits per heavy atom. The van der Waals surface area contributed by atoms with Gasteiger partial charge in [0.25, 0.3) is 0 Å². The van der Waals surface area contributed by atoms with Crippen molar-refractivity contribution >= 4 is 40.6 Å². The van der Waals surface area contributed by atoms with E-state index in [9.17, 15) is 24.0 Å². The Labute approximate surface area is 268 Å². The van der Waals surface area contributed by atoms with Crippen LogP contribution in [-0.2, 0) is 30.3 Å². The smallest absolute Gasteiger partial charge is 0.408 e. The normalized spacial score (nSPS) is 16.5. The number of amides is 4. The van der Waals surface area contributed by atoms with Gasteiger partial charge in [-0.05, 0) is 47.1 Å². The maximum Gasteiger partial charge on any atom is 0.408 e. The number of ether oxygens (including phenoxy) is 1. The fourth-order valence-corrected chi connectivity index (χ4v) is 5.71. The SMILES string of the molecule is CC(C)C[C@H](NC(=O)[C@H](Cc1cccc2ccccc12)NC(=O)OC(C[C@@H]1CCCNC1=O)c1ccccc1)C(=O)NCC(=O)O. The number of fused-ring (bicyclic) bond motifs is 1. The Morgan fingerprint density at radius 1 is 0.913 bits per heavy atom. The van der Waals surface area contributed by atoms with Gasteiger partial charge >= 0.3 is 12.1 Å². The van der Waals surface area contributed by atoms with E-state index in [-0.39, 0.29) is 37.0 Å². The van der Waals surface area contributed by atoms with E-state index in [4.69, 9.17) is 9.84 Å². The number of hydrogen-bond donors (Lipinski definition) is 5. The fourth-order valence-electron chi connectivity index (χ4n) is 5.71. The van der Waals surface area contributed by atoms with Crippen LogP contribution in [0.15, 0.2) is 72.8 Å². The van der Waals surface area contributed by atoms with E-state index in [1.165, 1.54) is 0 Å². The summed E-state index contributed by atoms with van der Waals surface area (Å²) in [6, 6.07) is 20.3. The summed E-state index contributed by atoms with van der Waals surface area (Å²) in [4.78, 5) is 63.9. The predicted octanol–water partition coefficient (Wildman–Crippen LogP) is 3.87. The van der Waals surface area contributed by atoms with Crippen molar-refractivity contribution in [3.05, 3.63) is 83.9 Å². The lowest BCUT2D eigenvalue weighted by Gasteiger charge is -2.28. The third-order valence-electron chi connectivity index (χ3n) is 7.99. The molecule has 244 valence electrons. The van der Waals surface area contributed by atoms with Crippen LogP contribution in [0.3, 0.4) is 0 Å². The first-order chi connectivity index (χ1) is 22.1. The van der Waals surface area contributed by atoms with Crippen molar-refractivity contribution in [1.29, 1.82) is 0 Å². The molecule has 1 saturated heterocycles. The summed E-state index contributed by atoms with van der Waals surface area (Å²) in [5, 5.41) is 21.6. The van der Waals surface area contributed by atoms with Gasteiger partial charge in [0.05, 0.1) is 0 Å². The highest BCUT2D eigenvalue weighted by Crippen LogP contribution is 2.29. The summed E-state index contributed by atoms with van der Waals surface area (Å²) in [7, 11) is 0. The van der Waals surface area contributed by atoms with Crippen molar-refractivity contribution in [3.8, 4) is 0 Å². The predicted molar refractivity (Wildman–Crippen MR) is 173 cm³/mol. The molecule has 4 rings (SSSR count). The van der Waals surface area contributed by atoms with Gasteiger partial charge in [-0.25, -0.2) is 4.79 Å². The largest absolute Gasteiger partial charge is 0.480 e. The van der Waals surface area contributed by atoms with Crippen LogP contribution in [0.4, 0.5) is 4.79 Å². The summed E-state index contributed by atoms with van der Waals surface area (Å²) in [5.41, 5.74) is 1.52. The molecule has 3 aromatic rings. The summed E-state index contributed by atoms with van der Waals surface area (Å²) < 4.78 is 5.92. The van der Waals surface area contributed by atoms with E-state index in [1.807, 2.05) is 86.6 Å². The number of carbonyl (C=O) groups is 5. The monoisotopic (exact) mass is 630 g/mol. The van der Waals surface area contributed by atoms with E-state index in [0.29, 0.717) is 13.0 Å². The maximum absolute atomic E-state index is 13.8. The van der Waals surface area contributed by atoms with Crippen molar-refractivity contribution in [2.24, 2.45) is 11.8 Å². The number of carboxylic acid groups (broad SMARTS) is 1. The van der Waals surface area contributed by atoms with Gasteiger partial charge in [0.1, 0.15) is 24.7 Å². The molecule has 0 radical (unpaired) electrons. The molecule has 0 aliphatic carbocycles. The molecule has 11 heteroatoms.